The molecule has 1 amide bonds. The van der Waals surface area contributed by atoms with E-state index in [0.29, 0.717) is 4.31 Å². The van der Waals surface area contributed by atoms with Crippen molar-refractivity contribution in [2.75, 3.05) is 7.11 Å². The summed E-state index contributed by atoms with van der Waals surface area (Å²) in [6, 6.07) is 3.93. The van der Waals surface area contributed by atoms with Crippen molar-refractivity contribution in [1.29, 1.82) is 0 Å². The molecule has 0 aromatic heterocycles. The standard InChI is InChI=1S/C12H11ClN2O6S/c1-20-12(17)7-3-2-4-8(13)9(7)22(18,19)15-5-6-21-11(15)10(14)16/h2-6,11H,1H3,(H2,14,16). The van der Waals surface area contributed by atoms with Crippen molar-refractivity contribution < 1.29 is 27.5 Å². The molecule has 22 heavy (non-hydrogen) atoms. The molecular weight excluding hydrogens is 336 g/mol. The van der Waals surface area contributed by atoms with Gasteiger partial charge in [0.1, 0.15) is 11.2 Å². The Morgan fingerprint density at radius 3 is 2.68 bits per heavy atom. The summed E-state index contributed by atoms with van der Waals surface area (Å²) < 4.78 is 35.4. The molecule has 1 atom stereocenters. The molecule has 2 N–H and O–H groups in total. The Bertz CT molecular complexity index is 761. The summed E-state index contributed by atoms with van der Waals surface area (Å²) in [5.74, 6) is -1.90. The van der Waals surface area contributed by atoms with E-state index in [1.807, 2.05) is 0 Å². The number of nitrogens with two attached hydrogens (primary N) is 1. The Morgan fingerprint density at radius 1 is 1.41 bits per heavy atom. The zero-order chi connectivity index (χ0) is 16.5. The monoisotopic (exact) mass is 346 g/mol. The molecule has 10 heteroatoms. The second-order valence-electron chi connectivity index (χ2n) is 4.12. The van der Waals surface area contributed by atoms with Gasteiger partial charge in [0.15, 0.2) is 0 Å². The Labute approximate surface area is 131 Å². The number of esters is 1. The van der Waals surface area contributed by atoms with Gasteiger partial charge >= 0.3 is 5.97 Å². The van der Waals surface area contributed by atoms with E-state index in [1.165, 1.54) is 18.2 Å². The molecule has 0 radical (unpaired) electrons. The van der Waals surface area contributed by atoms with Crippen LogP contribution >= 0.6 is 11.6 Å². The molecule has 0 spiro atoms. The molecule has 118 valence electrons. The first-order valence-electron chi connectivity index (χ1n) is 5.82. The highest BCUT2D eigenvalue weighted by molar-refractivity contribution is 7.89. The van der Waals surface area contributed by atoms with Crippen molar-refractivity contribution in [3.05, 3.63) is 41.2 Å². The molecule has 0 bridgehead atoms. The van der Waals surface area contributed by atoms with Crippen LogP contribution in [0, 0.1) is 0 Å². The summed E-state index contributed by atoms with van der Waals surface area (Å²) in [5.41, 5.74) is 4.83. The third-order valence-electron chi connectivity index (χ3n) is 2.80. The first-order valence-corrected chi connectivity index (χ1v) is 7.64. The maximum atomic E-state index is 12.7. The third-order valence-corrected chi connectivity index (χ3v) is 5.05. The van der Waals surface area contributed by atoms with Gasteiger partial charge in [0.2, 0.25) is 0 Å². The van der Waals surface area contributed by atoms with E-state index in [2.05, 4.69) is 4.74 Å². The predicted octanol–water partition coefficient (Wildman–Crippen LogP) is 0.430. The van der Waals surface area contributed by atoms with Crippen LogP contribution in [0.1, 0.15) is 10.4 Å². The number of halogens is 1. The molecule has 8 nitrogen and oxygen atoms in total. The first kappa shape index (κ1) is 16.1. The summed E-state index contributed by atoms with van der Waals surface area (Å²) in [4.78, 5) is 22.5. The quantitative estimate of drug-likeness (QED) is 0.790. The largest absolute Gasteiger partial charge is 0.466 e. The lowest BCUT2D eigenvalue weighted by Gasteiger charge is -2.22. The van der Waals surface area contributed by atoms with Crippen LogP contribution in [-0.4, -0.2) is 37.9 Å². The van der Waals surface area contributed by atoms with Gasteiger partial charge in [-0.1, -0.05) is 17.7 Å². The van der Waals surface area contributed by atoms with Gasteiger partial charge in [-0.15, -0.1) is 0 Å². The van der Waals surface area contributed by atoms with Crippen molar-refractivity contribution in [1.82, 2.24) is 4.31 Å². The topological polar surface area (TPSA) is 116 Å². The molecule has 1 unspecified atom stereocenters. The Balaban J connectivity index is 2.62. The molecule has 1 aliphatic rings. The summed E-state index contributed by atoms with van der Waals surface area (Å²) in [5, 5.41) is -0.202. The van der Waals surface area contributed by atoms with E-state index in [1.54, 1.807) is 0 Å². The van der Waals surface area contributed by atoms with Gasteiger partial charge in [-0.2, -0.15) is 0 Å². The number of methoxy groups -OCH3 is 1. The Morgan fingerprint density at radius 2 is 2.09 bits per heavy atom. The predicted molar refractivity (Wildman–Crippen MR) is 75.0 cm³/mol. The minimum absolute atomic E-state index is 0.202. The second-order valence-corrected chi connectivity index (χ2v) is 6.31. The summed E-state index contributed by atoms with van der Waals surface area (Å²) in [6.07, 6.45) is 0.461. The summed E-state index contributed by atoms with van der Waals surface area (Å²) >= 11 is 5.93. The van der Waals surface area contributed by atoms with Crippen molar-refractivity contribution in [3.63, 3.8) is 0 Å². The fourth-order valence-electron chi connectivity index (χ4n) is 1.85. The molecule has 2 rings (SSSR count). The lowest BCUT2D eigenvalue weighted by Crippen LogP contribution is -2.43. The molecule has 1 heterocycles. The average Bonchev–Trinajstić information content (AvgIpc) is 2.96. The van der Waals surface area contributed by atoms with E-state index < -0.39 is 33.0 Å². The molecule has 1 aromatic rings. The number of rotatable bonds is 4. The summed E-state index contributed by atoms with van der Waals surface area (Å²) in [7, 11) is -3.26. The average molecular weight is 347 g/mol. The lowest BCUT2D eigenvalue weighted by molar-refractivity contribution is -0.129. The number of ether oxygens (including phenoxy) is 2. The lowest BCUT2D eigenvalue weighted by atomic mass is 10.2. The Kier molecular flexibility index (Phi) is 4.29. The van der Waals surface area contributed by atoms with Crippen LogP contribution in [0.2, 0.25) is 5.02 Å². The van der Waals surface area contributed by atoms with Gasteiger partial charge in [-0.3, -0.25) is 4.79 Å². The maximum Gasteiger partial charge on any atom is 0.339 e. The number of hydrogen-bond donors (Lipinski definition) is 1. The van der Waals surface area contributed by atoms with Gasteiger partial charge in [0, 0.05) is 0 Å². The number of amides is 1. The minimum Gasteiger partial charge on any atom is -0.466 e. The van der Waals surface area contributed by atoms with Crippen molar-refractivity contribution >= 4 is 33.5 Å². The number of nitrogens with zero attached hydrogens (tertiary/aromatic N) is 1. The minimum atomic E-state index is -4.36. The van der Waals surface area contributed by atoms with E-state index >= 15 is 0 Å². The molecule has 0 saturated carbocycles. The fraction of sp³-hybridized carbons (Fsp3) is 0.167. The van der Waals surface area contributed by atoms with Crippen LogP contribution in [0.4, 0.5) is 0 Å². The highest BCUT2D eigenvalue weighted by atomic mass is 35.5. The van der Waals surface area contributed by atoms with Gasteiger partial charge < -0.3 is 15.2 Å². The summed E-state index contributed by atoms with van der Waals surface area (Å²) in [6.45, 7) is 0. The SMILES string of the molecule is COC(=O)c1cccc(Cl)c1S(=O)(=O)N1C=COC1C(N)=O. The van der Waals surface area contributed by atoms with E-state index in [-0.39, 0.29) is 10.6 Å². The van der Waals surface area contributed by atoms with Crippen LogP contribution in [0.3, 0.4) is 0 Å². The second kappa shape index (κ2) is 5.85. The van der Waals surface area contributed by atoms with Crippen molar-refractivity contribution in [2.24, 2.45) is 5.73 Å². The molecular formula is C12H11ClN2O6S. The van der Waals surface area contributed by atoms with Crippen molar-refractivity contribution in [2.45, 2.75) is 11.1 Å². The first-order chi connectivity index (χ1) is 10.3. The zero-order valence-electron chi connectivity index (χ0n) is 11.2. The highest BCUT2D eigenvalue weighted by Gasteiger charge is 2.39. The smallest absolute Gasteiger partial charge is 0.339 e. The van der Waals surface area contributed by atoms with Gasteiger partial charge in [-0.05, 0) is 12.1 Å². The molecule has 0 aliphatic carbocycles. The highest BCUT2D eigenvalue weighted by Crippen LogP contribution is 2.31. The number of carbonyl (C=O) groups is 2. The third kappa shape index (κ3) is 2.60. The number of hydrogen-bond acceptors (Lipinski definition) is 6. The maximum absolute atomic E-state index is 12.7. The van der Waals surface area contributed by atoms with Gasteiger partial charge in [0.25, 0.3) is 22.2 Å². The van der Waals surface area contributed by atoms with Crippen LogP contribution in [0.5, 0.6) is 0 Å². The molecule has 1 aliphatic heterocycles. The van der Waals surface area contributed by atoms with E-state index in [4.69, 9.17) is 22.1 Å². The number of carbonyl (C=O) groups excluding carboxylic acids is 2. The molecule has 0 saturated heterocycles. The van der Waals surface area contributed by atoms with Crippen LogP contribution in [-0.2, 0) is 24.3 Å². The van der Waals surface area contributed by atoms with Gasteiger partial charge in [-0.25, -0.2) is 17.5 Å². The van der Waals surface area contributed by atoms with Crippen LogP contribution in [0.15, 0.2) is 35.6 Å². The number of primary amides is 1. The molecule has 0 fully saturated rings. The van der Waals surface area contributed by atoms with E-state index in [0.717, 1.165) is 19.6 Å². The van der Waals surface area contributed by atoms with Crippen LogP contribution < -0.4 is 5.73 Å². The number of sulfonamides is 1. The zero-order valence-corrected chi connectivity index (χ0v) is 12.8. The normalized spacial score (nSPS) is 17.2. The fourth-order valence-corrected chi connectivity index (χ4v) is 3.89. The van der Waals surface area contributed by atoms with Crippen LogP contribution in [0.25, 0.3) is 0 Å². The van der Waals surface area contributed by atoms with Crippen molar-refractivity contribution in [3.8, 4) is 0 Å². The Hall–Kier alpha value is -2.26. The number of benzene rings is 1. The molecule has 1 aromatic carbocycles. The van der Waals surface area contributed by atoms with E-state index in [9.17, 15) is 18.0 Å². The van der Waals surface area contributed by atoms with Gasteiger partial charge in [0.05, 0.1) is 23.9 Å².